The number of imidazole rings is 1. The van der Waals surface area contributed by atoms with Gasteiger partial charge in [-0.2, -0.15) is 0 Å². The smallest absolute Gasteiger partial charge is 0.182 e. The van der Waals surface area contributed by atoms with Crippen molar-refractivity contribution in [2.24, 2.45) is 0 Å². The van der Waals surface area contributed by atoms with Crippen molar-refractivity contribution in [3.05, 3.63) is 78.9 Å². The molecule has 2 N–H and O–H groups in total. The molecular weight excluding hydrogens is 367 g/mol. The minimum absolute atomic E-state index is 0.195. The van der Waals surface area contributed by atoms with E-state index in [1.54, 1.807) is 12.4 Å². The van der Waals surface area contributed by atoms with Gasteiger partial charge in [0, 0.05) is 17.1 Å². The molecule has 0 amide bonds. The van der Waals surface area contributed by atoms with Crippen LogP contribution in [-0.4, -0.2) is 24.9 Å². The number of H-pyrrole nitrogens is 1. The first-order valence-corrected chi connectivity index (χ1v) is 9.25. The minimum Gasteiger partial charge on any atom is -0.360 e. The number of aromatic nitrogens is 5. The van der Waals surface area contributed by atoms with Gasteiger partial charge in [-0.25, -0.2) is 19.3 Å². The number of fused-ring (bicyclic) bond motifs is 2. The number of aromatic amines is 1. The van der Waals surface area contributed by atoms with Gasteiger partial charge >= 0.3 is 0 Å². The summed E-state index contributed by atoms with van der Waals surface area (Å²) in [6, 6.07) is 14.4. The molecule has 0 saturated heterocycles. The molecule has 0 spiro atoms. The number of halogens is 1. The molecule has 0 aliphatic heterocycles. The van der Waals surface area contributed by atoms with Crippen LogP contribution in [0.1, 0.15) is 18.7 Å². The molecule has 5 rings (SSSR count). The number of hydrogen-bond acceptors (Lipinski definition) is 5. The fourth-order valence-corrected chi connectivity index (χ4v) is 3.60. The van der Waals surface area contributed by atoms with Crippen molar-refractivity contribution in [1.29, 1.82) is 0 Å². The maximum Gasteiger partial charge on any atom is 0.182 e. The Morgan fingerprint density at radius 3 is 2.79 bits per heavy atom. The Bertz CT molecular complexity index is 1330. The second-order valence-electron chi connectivity index (χ2n) is 6.81. The normalized spacial score (nSPS) is 12.3. The predicted molar refractivity (Wildman–Crippen MR) is 111 cm³/mol. The van der Waals surface area contributed by atoms with E-state index >= 15 is 0 Å². The lowest BCUT2D eigenvalue weighted by molar-refractivity contribution is 0.628. The second-order valence-corrected chi connectivity index (χ2v) is 6.81. The van der Waals surface area contributed by atoms with E-state index in [-0.39, 0.29) is 11.9 Å². The van der Waals surface area contributed by atoms with Gasteiger partial charge in [-0.05, 0) is 30.0 Å². The van der Waals surface area contributed by atoms with Crippen molar-refractivity contribution in [2.75, 3.05) is 5.32 Å². The highest BCUT2D eigenvalue weighted by molar-refractivity contribution is 5.97. The summed E-state index contributed by atoms with van der Waals surface area (Å²) in [5, 5.41) is 5.42. The molecule has 3 aromatic heterocycles. The summed E-state index contributed by atoms with van der Waals surface area (Å²) in [6.45, 7) is 2.00. The Kier molecular flexibility index (Phi) is 4.13. The van der Waals surface area contributed by atoms with Crippen LogP contribution in [0.3, 0.4) is 0 Å². The van der Waals surface area contributed by atoms with E-state index in [1.165, 1.54) is 18.5 Å². The van der Waals surface area contributed by atoms with Crippen molar-refractivity contribution >= 4 is 27.8 Å². The highest BCUT2D eigenvalue weighted by Gasteiger charge is 2.19. The third-order valence-corrected chi connectivity index (χ3v) is 4.93. The summed E-state index contributed by atoms with van der Waals surface area (Å²) in [5.74, 6) is 0.358. The van der Waals surface area contributed by atoms with Crippen LogP contribution >= 0.6 is 0 Å². The topological polar surface area (TPSA) is 79.4 Å². The number of hydrogen-bond donors (Lipinski definition) is 2. The molecule has 0 fully saturated rings. The summed E-state index contributed by atoms with van der Waals surface area (Å²) in [6.07, 6.45) is 4.90. The Morgan fingerprint density at radius 2 is 1.90 bits per heavy atom. The largest absolute Gasteiger partial charge is 0.360 e. The van der Waals surface area contributed by atoms with Crippen LogP contribution in [0.15, 0.2) is 67.4 Å². The molecule has 1 atom stereocenters. The molecule has 0 radical (unpaired) electrons. The maximum atomic E-state index is 14.0. The molecule has 1 unspecified atom stereocenters. The van der Waals surface area contributed by atoms with Crippen LogP contribution in [0.5, 0.6) is 0 Å². The van der Waals surface area contributed by atoms with Gasteiger partial charge in [-0.1, -0.05) is 36.4 Å². The number of nitrogens with one attached hydrogen (secondary N) is 2. The Hall–Kier alpha value is -3.87. The minimum atomic E-state index is -0.281. The number of pyridine rings is 1. The lowest BCUT2D eigenvalue weighted by Gasteiger charge is -2.19. The van der Waals surface area contributed by atoms with E-state index in [2.05, 4.69) is 25.3 Å². The molecule has 7 heteroatoms. The van der Waals surface area contributed by atoms with Crippen molar-refractivity contribution in [1.82, 2.24) is 24.9 Å². The van der Waals surface area contributed by atoms with Crippen LogP contribution in [-0.2, 0) is 0 Å². The lowest BCUT2D eigenvalue weighted by Crippen LogP contribution is -2.12. The van der Waals surface area contributed by atoms with Crippen molar-refractivity contribution < 1.29 is 4.39 Å². The van der Waals surface area contributed by atoms with E-state index in [1.807, 2.05) is 43.5 Å². The quantitative estimate of drug-likeness (QED) is 0.462. The van der Waals surface area contributed by atoms with Gasteiger partial charge in [0.2, 0.25) is 0 Å². The molecule has 142 valence electrons. The number of benzene rings is 2. The summed E-state index contributed by atoms with van der Waals surface area (Å²) in [7, 11) is 0. The van der Waals surface area contributed by atoms with E-state index in [9.17, 15) is 4.39 Å². The molecule has 0 saturated carbocycles. The Balaban J connectivity index is 1.66. The first kappa shape index (κ1) is 17.2. The van der Waals surface area contributed by atoms with E-state index in [0.717, 1.165) is 33.1 Å². The zero-order valence-corrected chi connectivity index (χ0v) is 15.6. The van der Waals surface area contributed by atoms with E-state index in [0.29, 0.717) is 11.5 Å². The summed E-state index contributed by atoms with van der Waals surface area (Å²) >= 11 is 0. The molecule has 0 aliphatic carbocycles. The predicted octanol–water partition coefficient (Wildman–Crippen LogP) is 4.88. The molecule has 2 aromatic carbocycles. The van der Waals surface area contributed by atoms with Crippen molar-refractivity contribution in [3.63, 3.8) is 0 Å². The van der Waals surface area contributed by atoms with Crippen LogP contribution in [0.4, 0.5) is 10.2 Å². The van der Waals surface area contributed by atoms with Crippen LogP contribution in [0.2, 0.25) is 0 Å². The first-order chi connectivity index (χ1) is 14.2. The highest BCUT2D eigenvalue weighted by atomic mass is 19.1. The fraction of sp³-hybridized carbons (Fsp3) is 0.0909. The SMILES string of the molecule is CC(Nc1ncnc2nc[nH]c12)c1ncc2ccccc2c1-c1cccc(F)c1. The summed E-state index contributed by atoms with van der Waals surface area (Å²) < 4.78 is 14.0. The molecule has 3 heterocycles. The third-order valence-electron chi connectivity index (χ3n) is 4.93. The second kappa shape index (κ2) is 6.94. The number of nitrogens with zero attached hydrogens (tertiary/aromatic N) is 4. The zero-order valence-electron chi connectivity index (χ0n) is 15.6. The van der Waals surface area contributed by atoms with Crippen molar-refractivity contribution in [2.45, 2.75) is 13.0 Å². The fourth-order valence-electron chi connectivity index (χ4n) is 3.60. The Labute approximate surface area is 165 Å². The van der Waals surface area contributed by atoms with Crippen LogP contribution in [0.25, 0.3) is 33.1 Å². The average molecular weight is 384 g/mol. The monoisotopic (exact) mass is 384 g/mol. The van der Waals surface area contributed by atoms with Gasteiger partial charge < -0.3 is 10.3 Å². The zero-order chi connectivity index (χ0) is 19.8. The molecule has 5 aromatic rings. The maximum absolute atomic E-state index is 14.0. The molecular formula is C22H17FN6. The van der Waals surface area contributed by atoms with Crippen molar-refractivity contribution in [3.8, 4) is 11.1 Å². The standard InChI is InChI=1S/C22H17FN6/c1-13(29-22-20-21(26-11-25-20)27-12-28-22)19-18(14-6-4-7-16(23)9-14)17-8-3-2-5-15(17)10-24-19/h2-13H,1H3,(H2,25,26,27,28,29). The number of anilines is 1. The highest BCUT2D eigenvalue weighted by Crippen LogP contribution is 2.35. The number of rotatable bonds is 4. The first-order valence-electron chi connectivity index (χ1n) is 9.25. The Morgan fingerprint density at radius 1 is 1.00 bits per heavy atom. The molecule has 0 aliphatic rings. The van der Waals surface area contributed by atoms with Gasteiger partial charge in [0.05, 0.1) is 18.1 Å². The van der Waals surface area contributed by atoms with Crippen LogP contribution in [0, 0.1) is 5.82 Å². The van der Waals surface area contributed by atoms with Gasteiger partial charge in [0.1, 0.15) is 17.7 Å². The summed E-state index contributed by atoms with van der Waals surface area (Å²) in [5.41, 5.74) is 3.81. The van der Waals surface area contributed by atoms with E-state index in [4.69, 9.17) is 4.98 Å². The average Bonchev–Trinajstić information content (AvgIpc) is 3.23. The van der Waals surface area contributed by atoms with Crippen LogP contribution < -0.4 is 5.32 Å². The van der Waals surface area contributed by atoms with Gasteiger partial charge in [0.15, 0.2) is 11.5 Å². The van der Waals surface area contributed by atoms with Gasteiger partial charge in [-0.3, -0.25) is 4.98 Å². The lowest BCUT2D eigenvalue weighted by atomic mass is 9.95. The summed E-state index contributed by atoms with van der Waals surface area (Å²) in [4.78, 5) is 20.4. The molecule has 0 bridgehead atoms. The van der Waals surface area contributed by atoms with Gasteiger partial charge in [-0.15, -0.1) is 0 Å². The van der Waals surface area contributed by atoms with E-state index < -0.39 is 0 Å². The molecule has 6 nitrogen and oxygen atoms in total. The third kappa shape index (κ3) is 3.06. The molecule has 29 heavy (non-hydrogen) atoms. The van der Waals surface area contributed by atoms with Gasteiger partial charge in [0.25, 0.3) is 0 Å².